The second-order valence-electron chi connectivity index (χ2n) is 3.32. The van der Waals surface area contributed by atoms with Gasteiger partial charge in [-0.2, -0.15) is 13.1 Å². The van der Waals surface area contributed by atoms with E-state index in [9.17, 15) is 21.2 Å². The van der Waals surface area contributed by atoms with E-state index in [0.717, 1.165) is 12.1 Å². The van der Waals surface area contributed by atoms with E-state index in [-0.39, 0.29) is 12.2 Å². The SMILES string of the molecule is CCNS(=O)(=O)Nc1cc(F)cc(S(N)(=O)=O)c1. The van der Waals surface area contributed by atoms with Gasteiger partial charge in [0.15, 0.2) is 0 Å². The predicted molar refractivity (Wildman–Crippen MR) is 64.0 cm³/mol. The zero-order valence-corrected chi connectivity index (χ0v) is 11.0. The molecule has 0 saturated heterocycles. The first kappa shape index (κ1) is 14.8. The molecule has 1 aromatic carbocycles. The summed E-state index contributed by atoms with van der Waals surface area (Å²) in [6, 6.07) is 2.46. The molecule has 0 aliphatic heterocycles. The molecular formula is C8H12FN3O4S2. The summed E-state index contributed by atoms with van der Waals surface area (Å²) in [6.45, 7) is 1.69. The minimum absolute atomic E-state index is 0.132. The number of rotatable bonds is 5. The van der Waals surface area contributed by atoms with Gasteiger partial charge in [-0.3, -0.25) is 4.72 Å². The molecule has 0 radical (unpaired) electrons. The van der Waals surface area contributed by atoms with Gasteiger partial charge in [-0.1, -0.05) is 6.92 Å². The second kappa shape index (κ2) is 5.18. The van der Waals surface area contributed by atoms with Crippen LogP contribution in [0.25, 0.3) is 0 Å². The molecule has 10 heteroatoms. The molecule has 0 fully saturated rings. The molecule has 0 spiro atoms. The summed E-state index contributed by atoms with van der Waals surface area (Å²) in [5.74, 6) is -0.921. The van der Waals surface area contributed by atoms with E-state index in [1.807, 2.05) is 4.72 Å². The van der Waals surface area contributed by atoms with Crippen LogP contribution in [0, 0.1) is 5.82 Å². The van der Waals surface area contributed by atoms with Crippen LogP contribution in [0.4, 0.5) is 10.1 Å². The van der Waals surface area contributed by atoms with Crippen LogP contribution in [0.5, 0.6) is 0 Å². The molecule has 0 saturated carbocycles. The van der Waals surface area contributed by atoms with E-state index in [2.05, 4.69) is 4.72 Å². The van der Waals surface area contributed by atoms with Crippen LogP contribution in [-0.4, -0.2) is 23.4 Å². The highest BCUT2D eigenvalue weighted by atomic mass is 32.2. The fourth-order valence-corrected chi connectivity index (χ4v) is 2.62. The van der Waals surface area contributed by atoms with E-state index < -0.39 is 30.9 Å². The molecule has 1 rings (SSSR count). The van der Waals surface area contributed by atoms with Gasteiger partial charge < -0.3 is 0 Å². The van der Waals surface area contributed by atoms with Gasteiger partial charge in [-0.25, -0.2) is 17.9 Å². The maximum Gasteiger partial charge on any atom is 0.299 e. The molecule has 1 aromatic rings. The van der Waals surface area contributed by atoms with Gasteiger partial charge >= 0.3 is 0 Å². The van der Waals surface area contributed by atoms with Gasteiger partial charge in [0.05, 0.1) is 10.6 Å². The fourth-order valence-electron chi connectivity index (χ4n) is 1.17. The molecule has 0 bridgehead atoms. The molecule has 102 valence electrons. The molecule has 7 nitrogen and oxygen atoms in total. The molecular weight excluding hydrogens is 285 g/mol. The summed E-state index contributed by atoms with van der Waals surface area (Å²) in [6.07, 6.45) is 0. The first-order valence-corrected chi connectivity index (χ1v) is 7.78. The zero-order chi connectivity index (χ0) is 14.0. The zero-order valence-electron chi connectivity index (χ0n) is 9.34. The fraction of sp³-hybridized carbons (Fsp3) is 0.250. The van der Waals surface area contributed by atoms with Gasteiger partial charge in [0.25, 0.3) is 10.2 Å². The Morgan fingerprint density at radius 2 is 1.83 bits per heavy atom. The maximum atomic E-state index is 13.1. The van der Waals surface area contributed by atoms with E-state index in [1.165, 1.54) is 0 Å². The molecule has 4 N–H and O–H groups in total. The van der Waals surface area contributed by atoms with Crippen molar-refractivity contribution in [3.05, 3.63) is 24.0 Å². The van der Waals surface area contributed by atoms with Crippen LogP contribution in [0.3, 0.4) is 0 Å². The number of sulfonamides is 1. The number of benzene rings is 1. The minimum Gasteiger partial charge on any atom is -0.271 e. The molecule has 0 amide bonds. The molecule has 0 unspecified atom stereocenters. The molecule has 0 heterocycles. The number of anilines is 1. The highest BCUT2D eigenvalue weighted by Crippen LogP contribution is 2.17. The molecule has 0 aliphatic rings. The first-order valence-electron chi connectivity index (χ1n) is 4.75. The Hall–Kier alpha value is -1.23. The van der Waals surface area contributed by atoms with Crippen molar-refractivity contribution in [1.29, 1.82) is 0 Å². The topological polar surface area (TPSA) is 118 Å². The Kier molecular flexibility index (Phi) is 4.27. The van der Waals surface area contributed by atoms with Crippen molar-refractivity contribution in [3.8, 4) is 0 Å². The van der Waals surface area contributed by atoms with E-state index >= 15 is 0 Å². The third-order valence-electron chi connectivity index (χ3n) is 1.79. The molecule has 18 heavy (non-hydrogen) atoms. The maximum absolute atomic E-state index is 13.1. The summed E-state index contributed by atoms with van der Waals surface area (Å²) in [5.41, 5.74) is -0.236. The van der Waals surface area contributed by atoms with Crippen LogP contribution < -0.4 is 14.6 Å². The first-order chi connectivity index (χ1) is 8.14. The number of hydrogen-bond donors (Lipinski definition) is 3. The monoisotopic (exact) mass is 297 g/mol. The number of primary sulfonamides is 1. The van der Waals surface area contributed by atoms with Gasteiger partial charge in [0.2, 0.25) is 10.0 Å². The van der Waals surface area contributed by atoms with E-state index in [0.29, 0.717) is 6.07 Å². The van der Waals surface area contributed by atoms with Crippen molar-refractivity contribution in [2.45, 2.75) is 11.8 Å². The molecule has 0 aromatic heterocycles. The third-order valence-corrected chi connectivity index (χ3v) is 3.85. The quantitative estimate of drug-likeness (QED) is 0.693. The Balaban J connectivity index is 3.16. The summed E-state index contributed by atoms with van der Waals surface area (Å²) in [5, 5.41) is 4.83. The van der Waals surface area contributed by atoms with Crippen molar-refractivity contribution in [2.24, 2.45) is 5.14 Å². The van der Waals surface area contributed by atoms with Crippen LogP contribution in [0.2, 0.25) is 0 Å². The largest absolute Gasteiger partial charge is 0.299 e. The summed E-state index contributed by atoms with van der Waals surface area (Å²) in [7, 11) is -7.98. The Bertz CT molecular complexity index is 642. The average Bonchev–Trinajstić information content (AvgIpc) is 2.13. The van der Waals surface area contributed by atoms with Crippen molar-refractivity contribution in [1.82, 2.24) is 4.72 Å². The number of nitrogens with two attached hydrogens (primary N) is 1. The average molecular weight is 297 g/mol. The minimum atomic E-state index is -4.11. The molecule has 0 aliphatic carbocycles. The number of hydrogen-bond acceptors (Lipinski definition) is 4. The van der Waals surface area contributed by atoms with Gasteiger partial charge in [0.1, 0.15) is 5.82 Å². The van der Waals surface area contributed by atoms with E-state index in [4.69, 9.17) is 5.14 Å². The third kappa shape index (κ3) is 4.22. The van der Waals surface area contributed by atoms with Crippen molar-refractivity contribution < 1.29 is 21.2 Å². The standard InChI is InChI=1S/C8H12FN3O4S2/c1-2-11-18(15,16)12-7-3-6(9)4-8(5-7)17(10,13)14/h3-5,11-12H,2H2,1H3,(H2,10,13,14). The number of halogens is 1. The highest BCUT2D eigenvalue weighted by molar-refractivity contribution is 7.90. The van der Waals surface area contributed by atoms with Gasteiger partial charge in [-0.05, 0) is 18.2 Å². The lowest BCUT2D eigenvalue weighted by molar-refractivity contribution is 0.587. The summed E-state index contributed by atoms with van der Waals surface area (Å²) >= 11 is 0. The normalized spacial score (nSPS) is 12.4. The molecule has 0 atom stereocenters. The second-order valence-corrected chi connectivity index (χ2v) is 6.39. The Morgan fingerprint density at radius 3 is 2.33 bits per heavy atom. The van der Waals surface area contributed by atoms with Crippen molar-refractivity contribution in [2.75, 3.05) is 11.3 Å². The summed E-state index contributed by atoms with van der Waals surface area (Å²) in [4.78, 5) is -0.517. The highest BCUT2D eigenvalue weighted by Gasteiger charge is 2.14. The van der Waals surface area contributed by atoms with Gasteiger partial charge in [-0.15, -0.1) is 0 Å². The summed E-state index contributed by atoms with van der Waals surface area (Å²) < 4.78 is 62.0. The van der Waals surface area contributed by atoms with Crippen LogP contribution >= 0.6 is 0 Å². The van der Waals surface area contributed by atoms with Crippen molar-refractivity contribution in [3.63, 3.8) is 0 Å². The predicted octanol–water partition coefficient (Wildman–Crippen LogP) is -0.261. The Labute approximate surface area is 104 Å². The lowest BCUT2D eigenvalue weighted by Gasteiger charge is -2.09. The number of nitrogens with one attached hydrogen (secondary N) is 2. The lowest BCUT2D eigenvalue weighted by atomic mass is 10.3. The van der Waals surface area contributed by atoms with Crippen molar-refractivity contribution >= 4 is 25.9 Å². The van der Waals surface area contributed by atoms with Crippen LogP contribution in [0.1, 0.15) is 6.92 Å². The van der Waals surface area contributed by atoms with Crippen LogP contribution in [-0.2, 0) is 20.2 Å². The van der Waals surface area contributed by atoms with Gasteiger partial charge in [0, 0.05) is 6.54 Å². The smallest absolute Gasteiger partial charge is 0.271 e. The lowest BCUT2D eigenvalue weighted by Crippen LogP contribution is -2.29. The van der Waals surface area contributed by atoms with E-state index in [1.54, 1.807) is 6.92 Å². The Morgan fingerprint density at radius 1 is 1.22 bits per heavy atom. The van der Waals surface area contributed by atoms with Crippen LogP contribution in [0.15, 0.2) is 23.1 Å².